The Labute approximate surface area is 129 Å². The predicted molar refractivity (Wildman–Crippen MR) is 79.0 cm³/mol. The Hall–Kier alpha value is -1.89. The molecule has 1 aliphatic heterocycles. The third-order valence-electron chi connectivity index (χ3n) is 4.70. The van der Waals surface area contributed by atoms with Crippen LogP contribution in [0.5, 0.6) is 0 Å². The van der Waals surface area contributed by atoms with Gasteiger partial charge in [0.25, 0.3) is 6.47 Å². The molecule has 7 nitrogen and oxygen atoms in total. The minimum atomic E-state index is -0.250. The van der Waals surface area contributed by atoms with Crippen molar-refractivity contribution >= 4 is 12.4 Å². The summed E-state index contributed by atoms with van der Waals surface area (Å²) >= 11 is 0. The number of likely N-dealkylation sites (tertiary alicyclic amines) is 1. The fourth-order valence-corrected chi connectivity index (χ4v) is 3.61. The van der Waals surface area contributed by atoms with E-state index in [1.54, 1.807) is 17.1 Å². The van der Waals surface area contributed by atoms with Gasteiger partial charge in [0, 0.05) is 30.9 Å². The Kier molecular flexibility index (Phi) is 5.54. The monoisotopic (exact) mass is 309 g/mol. The number of carbonyl (C=O) groups excluding carboxylic acids is 1. The van der Waals surface area contributed by atoms with Crippen LogP contribution in [-0.2, 0) is 16.1 Å². The molecule has 1 saturated heterocycles. The van der Waals surface area contributed by atoms with Crippen LogP contribution in [0.4, 0.5) is 0 Å². The first-order chi connectivity index (χ1) is 10.6. The molecular weight excluding hydrogens is 286 g/mol. The maximum atomic E-state index is 12.3. The largest absolute Gasteiger partial charge is 0.483 e. The number of hydrogen-bond donors (Lipinski definition) is 2. The first-order valence-corrected chi connectivity index (χ1v) is 7.61. The van der Waals surface area contributed by atoms with Crippen LogP contribution in [0.2, 0.25) is 0 Å². The molecule has 22 heavy (non-hydrogen) atoms. The van der Waals surface area contributed by atoms with E-state index < -0.39 is 0 Å². The highest BCUT2D eigenvalue weighted by Gasteiger charge is 2.45. The second-order valence-corrected chi connectivity index (χ2v) is 6.03. The van der Waals surface area contributed by atoms with Gasteiger partial charge < -0.3 is 19.7 Å². The average Bonchev–Trinajstić information content (AvgIpc) is 3.12. The first-order valence-electron chi connectivity index (χ1n) is 7.61. The minimum Gasteiger partial charge on any atom is -0.483 e. The number of carboxylic acid groups (broad SMARTS) is 1. The van der Waals surface area contributed by atoms with Crippen molar-refractivity contribution in [3.8, 4) is 0 Å². The Morgan fingerprint density at radius 3 is 2.73 bits per heavy atom. The van der Waals surface area contributed by atoms with Gasteiger partial charge in [0.15, 0.2) is 0 Å². The smallest absolute Gasteiger partial charge is 0.290 e. The molecule has 0 radical (unpaired) electrons. The lowest BCUT2D eigenvalue weighted by Crippen LogP contribution is -2.50. The van der Waals surface area contributed by atoms with Crippen molar-refractivity contribution in [1.29, 1.82) is 0 Å². The van der Waals surface area contributed by atoms with E-state index in [4.69, 9.17) is 9.90 Å². The third kappa shape index (κ3) is 3.65. The number of aliphatic hydroxyl groups excluding tert-OH is 1. The zero-order chi connectivity index (χ0) is 16.0. The van der Waals surface area contributed by atoms with Crippen LogP contribution in [0.25, 0.3) is 0 Å². The van der Waals surface area contributed by atoms with Gasteiger partial charge in [0.2, 0.25) is 5.91 Å². The van der Waals surface area contributed by atoms with E-state index in [0.717, 1.165) is 45.2 Å². The summed E-state index contributed by atoms with van der Waals surface area (Å²) in [5.41, 5.74) is -0.0250. The predicted octanol–water partition coefficient (Wildman–Crippen LogP) is 0.738. The van der Waals surface area contributed by atoms with E-state index in [-0.39, 0.29) is 23.9 Å². The molecule has 0 bridgehead atoms. The second-order valence-electron chi connectivity index (χ2n) is 6.03. The summed E-state index contributed by atoms with van der Waals surface area (Å²) in [6.07, 6.45) is 10.0. The van der Waals surface area contributed by atoms with Gasteiger partial charge in [-0.25, -0.2) is 4.98 Å². The molecule has 2 heterocycles. The lowest BCUT2D eigenvalue weighted by Gasteiger charge is -2.42. The van der Waals surface area contributed by atoms with Crippen LogP contribution < -0.4 is 0 Å². The van der Waals surface area contributed by atoms with E-state index in [0.29, 0.717) is 6.54 Å². The highest BCUT2D eigenvalue weighted by molar-refractivity contribution is 5.76. The normalized spacial score (nSPS) is 27.3. The van der Waals surface area contributed by atoms with Crippen LogP contribution in [0.15, 0.2) is 18.7 Å². The quantitative estimate of drug-likeness (QED) is 0.786. The van der Waals surface area contributed by atoms with E-state index in [1.807, 2.05) is 11.1 Å². The van der Waals surface area contributed by atoms with Crippen LogP contribution in [0, 0.1) is 5.41 Å². The molecule has 1 aromatic heterocycles. The van der Waals surface area contributed by atoms with Crippen molar-refractivity contribution in [3.05, 3.63) is 18.7 Å². The first kappa shape index (κ1) is 16.5. The zero-order valence-electron chi connectivity index (χ0n) is 12.6. The number of aromatic nitrogens is 2. The van der Waals surface area contributed by atoms with Gasteiger partial charge in [0.05, 0.1) is 12.4 Å². The molecule has 2 aliphatic rings. The van der Waals surface area contributed by atoms with Gasteiger partial charge in [-0.1, -0.05) is 6.42 Å². The maximum Gasteiger partial charge on any atom is 0.290 e. The summed E-state index contributed by atoms with van der Waals surface area (Å²) in [7, 11) is 0. The molecule has 3 rings (SSSR count). The number of imidazole rings is 1. The fourth-order valence-electron chi connectivity index (χ4n) is 3.61. The molecule has 7 heteroatoms. The average molecular weight is 309 g/mol. The maximum absolute atomic E-state index is 12.3. The van der Waals surface area contributed by atoms with Crippen LogP contribution in [0.1, 0.15) is 32.1 Å². The van der Waals surface area contributed by atoms with Crippen molar-refractivity contribution in [3.63, 3.8) is 0 Å². The molecule has 1 amide bonds. The zero-order valence-corrected chi connectivity index (χ0v) is 12.6. The van der Waals surface area contributed by atoms with Crippen molar-refractivity contribution in [2.45, 2.75) is 44.8 Å². The van der Waals surface area contributed by atoms with Gasteiger partial charge in [-0.3, -0.25) is 9.59 Å². The molecule has 2 N–H and O–H groups in total. The molecule has 122 valence electrons. The topological polar surface area (TPSA) is 95.7 Å². The number of hydrogen-bond acceptors (Lipinski definition) is 4. The van der Waals surface area contributed by atoms with E-state index >= 15 is 0 Å². The number of rotatable bonds is 2. The molecule has 2 fully saturated rings. The van der Waals surface area contributed by atoms with Gasteiger partial charge >= 0.3 is 0 Å². The molecule has 0 aromatic carbocycles. The molecule has 0 unspecified atom stereocenters. The second kappa shape index (κ2) is 7.40. The lowest BCUT2D eigenvalue weighted by molar-refractivity contribution is -0.137. The molecule has 1 spiro atoms. The number of piperidine rings is 1. The highest BCUT2D eigenvalue weighted by atomic mass is 16.3. The van der Waals surface area contributed by atoms with Crippen molar-refractivity contribution in [2.24, 2.45) is 5.41 Å². The van der Waals surface area contributed by atoms with Crippen LogP contribution >= 0.6 is 0 Å². The minimum absolute atomic E-state index is 0.0250. The van der Waals surface area contributed by atoms with Gasteiger partial charge in [-0.05, 0) is 25.7 Å². The van der Waals surface area contributed by atoms with Crippen LogP contribution in [0.3, 0.4) is 0 Å². The molecule has 2 atom stereocenters. The van der Waals surface area contributed by atoms with E-state index in [1.165, 1.54) is 0 Å². The molecule has 1 aromatic rings. The van der Waals surface area contributed by atoms with E-state index in [2.05, 4.69) is 4.98 Å². The summed E-state index contributed by atoms with van der Waals surface area (Å²) in [6, 6.07) is 0. The summed E-state index contributed by atoms with van der Waals surface area (Å²) in [4.78, 5) is 26.6. The number of nitrogens with zero attached hydrogens (tertiary/aromatic N) is 3. The fraction of sp³-hybridized carbons (Fsp3) is 0.667. The summed E-state index contributed by atoms with van der Waals surface area (Å²) in [5.74, 6) is 0.135. The summed E-state index contributed by atoms with van der Waals surface area (Å²) in [5, 5.41) is 17.1. The van der Waals surface area contributed by atoms with Gasteiger partial charge in [-0.15, -0.1) is 0 Å². The highest BCUT2D eigenvalue weighted by Crippen LogP contribution is 2.44. The molecule has 1 aliphatic carbocycles. The molecule has 1 saturated carbocycles. The SMILES string of the molecule is O=C(Cn1ccnc1)N1CCC[C@@]2(CCC[C@H]2O)C1.O=CO. The van der Waals surface area contributed by atoms with Crippen molar-refractivity contribution in [2.75, 3.05) is 13.1 Å². The number of carbonyl (C=O) groups is 2. The lowest BCUT2D eigenvalue weighted by atomic mass is 9.76. The van der Waals surface area contributed by atoms with Crippen molar-refractivity contribution < 1.29 is 19.8 Å². The third-order valence-corrected chi connectivity index (χ3v) is 4.70. The summed E-state index contributed by atoms with van der Waals surface area (Å²) < 4.78 is 1.80. The number of amides is 1. The Morgan fingerprint density at radius 1 is 1.41 bits per heavy atom. The Bertz CT molecular complexity index is 491. The van der Waals surface area contributed by atoms with Crippen molar-refractivity contribution in [1.82, 2.24) is 14.5 Å². The number of aliphatic hydroxyl groups is 1. The Morgan fingerprint density at radius 2 is 2.14 bits per heavy atom. The van der Waals surface area contributed by atoms with E-state index in [9.17, 15) is 9.90 Å². The molecular formula is C15H23N3O4. The summed E-state index contributed by atoms with van der Waals surface area (Å²) in [6.45, 7) is 1.65. The standard InChI is InChI=1S/C14H21N3O2.CH2O2/c18-12-3-1-4-14(12)5-2-7-17(10-14)13(19)9-16-8-6-15-11-16;2-1-3/h6,8,11-12,18H,1-5,7,9-10H2;1H,(H,2,3)/t12-,14+;/m1./s1. The Balaban J connectivity index is 0.000000545. The van der Waals surface area contributed by atoms with Crippen LogP contribution in [-0.4, -0.2) is 56.2 Å². The van der Waals surface area contributed by atoms with Gasteiger partial charge in [0.1, 0.15) is 6.54 Å². The van der Waals surface area contributed by atoms with Gasteiger partial charge in [-0.2, -0.15) is 0 Å².